The minimum atomic E-state index is -1.22. The number of nitrogens with zero attached hydrogens (tertiary/aromatic N) is 4. The first-order valence-corrected chi connectivity index (χ1v) is 10.7. The maximum Gasteiger partial charge on any atom is 0.356 e. The number of anilines is 1. The molecule has 34 heavy (non-hydrogen) atoms. The zero-order chi connectivity index (χ0) is 24.7. The molecule has 0 bridgehead atoms. The van der Waals surface area contributed by atoms with Gasteiger partial charge in [0.15, 0.2) is 5.69 Å². The van der Waals surface area contributed by atoms with E-state index in [-0.39, 0.29) is 16.4 Å². The summed E-state index contributed by atoms with van der Waals surface area (Å²) in [7, 11) is 1.60. The number of aromatic carboxylic acids is 1. The molecule has 0 unspecified atom stereocenters. The van der Waals surface area contributed by atoms with E-state index in [4.69, 9.17) is 16.6 Å². The van der Waals surface area contributed by atoms with E-state index < -0.39 is 18.0 Å². The Morgan fingerprint density at radius 3 is 2.59 bits per heavy atom. The third-order valence-corrected chi connectivity index (χ3v) is 5.75. The SMILES string of the molecule is Cc1cc([C@@H](C)Nc2c(C)cc(Cl)nc2C(=O)O)c2nc(-c3ccc(F)nc3)n(C)c(=O)c2c1. The summed E-state index contributed by atoms with van der Waals surface area (Å²) in [5.41, 5.74) is 2.94. The molecule has 0 aliphatic heterocycles. The minimum absolute atomic E-state index is 0.0804. The highest BCUT2D eigenvalue weighted by Gasteiger charge is 2.21. The van der Waals surface area contributed by atoms with Crippen LogP contribution in [0.15, 0.2) is 41.3 Å². The second-order valence-corrected chi connectivity index (χ2v) is 8.46. The molecular weight excluding hydrogens is 461 g/mol. The molecule has 3 aromatic heterocycles. The molecule has 4 rings (SSSR count). The Morgan fingerprint density at radius 2 is 1.94 bits per heavy atom. The van der Waals surface area contributed by atoms with Crippen molar-refractivity contribution in [1.29, 1.82) is 0 Å². The lowest BCUT2D eigenvalue weighted by Crippen LogP contribution is -2.22. The van der Waals surface area contributed by atoms with Crippen LogP contribution < -0.4 is 10.9 Å². The van der Waals surface area contributed by atoms with Crippen molar-refractivity contribution in [2.75, 3.05) is 5.32 Å². The number of fused-ring (bicyclic) bond motifs is 1. The van der Waals surface area contributed by atoms with Gasteiger partial charge in [-0.25, -0.2) is 19.7 Å². The van der Waals surface area contributed by atoms with E-state index >= 15 is 0 Å². The maximum absolute atomic E-state index is 13.3. The van der Waals surface area contributed by atoms with E-state index in [1.807, 2.05) is 19.9 Å². The normalized spacial score (nSPS) is 12.1. The van der Waals surface area contributed by atoms with Crippen LogP contribution in [0.5, 0.6) is 0 Å². The Balaban J connectivity index is 1.90. The monoisotopic (exact) mass is 481 g/mol. The Hall–Kier alpha value is -3.85. The van der Waals surface area contributed by atoms with Gasteiger partial charge in [0.2, 0.25) is 5.95 Å². The molecule has 10 heteroatoms. The number of carboxylic acid groups (broad SMARTS) is 1. The van der Waals surface area contributed by atoms with Crippen molar-refractivity contribution in [3.8, 4) is 11.4 Å². The van der Waals surface area contributed by atoms with Crippen molar-refractivity contribution in [3.63, 3.8) is 0 Å². The summed E-state index contributed by atoms with van der Waals surface area (Å²) in [4.78, 5) is 37.3. The first kappa shape index (κ1) is 23.3. The van der Waals surface area contributed by atoms with Crippen LogP contribution in [0.25, 0.3) is 22.3 Å². The molecule has 1 aromatic carbocycles. The number of carboxylic acids is 1. The summed E-state index contributed by atoms with van der Waals surface area (Å²) in [6.45, 7) is 5.44. The summed E-state index contributed by atoms with van der Waals surface area (Å²) >= 11 is 5.96. The van der Waals surface area contributed by atoms with Crippen LogP contribution in [-0.4, -0.2) is 30.6 Å². The van der Waals surface area contributed by atoms with E-state index in [2.05, 4.69) is 15.3 Å². The fraction of sp³-hybridized carbons (Fsp3) is 0.208. The predicted molar refractivity (Wildman–Crippen MR) is 128 cm³/mol. The lowest BCUT2D eigenvalue weighted by molar-refractivity contribution is 0.0691. The van der Waals surface area contributed by atoms with Gasteiger partial charge in [0.05, 0.1) is 22.6 Å². The van der Waals surface area contributed by atoms with Crippen LogP contribution in [0.3, 0.4) is 0 Å². The van der Waals surface area contributed by atoms with Crippen molar-refractivity contribution >= 4 is 34.2 Å². The average Bonchev–Trinajstić information content (AvgIpc) is 2.78. The molecule has 0 saturated carbocycles. The summed E-state index contributed by atoms with van der Waals surface area (Å²) in [5.74, 6) is -1.52. The lowest BCUT2D eigenvalue weighted by atomic mass is 10.00. The fourth-order valence-corrected chi connectivity index (χ4v) is 4.16. The molecule has 3 heterocycles. The molecule has 0 saturated heterocycles. The molecule has 4 aromatic rings. The van der Waals surface area contributed by atoms with Crippen molar-refractivity contribution in [2.45, 2.75) is 26.8 Å². The maximum atomic E-state index is 13.3. The van der Waals surface area contributed by atoms with Gasteiger partial charge in [-0.3, -0.25) is 9.36 Å². The average molecular weight is 482 g/mol. The Morgan fingerprint density at radius 1 is 1.21 bits per heavy atom. The first-order chi connectivity index (χ1) is 16.1. The van der Waals surface area contributed by atoms with Crippen LogP contribution in [0.4, 0.5) is 10.1 Å². The number of aryl methyl sites for hydroxylation is 2. The van der Waals surface area contributed by atoms with E-state index in [1.165, 1.54) is 22.9 Å². The standard InChI is InChI=1S/C24H21ClFN5O3/c1-11-7-15(13(3)28-19-12(2)9-17(25)29-21(19)24(33)34)20-16(8-11)23(32)31(4)22(30-20)14-5-6-18(26)27-10-14/h5-10,13,28H,1-4H3,(H,33,34)/t13-/m1/s1. The number of benzene rings is 1. The highest BCUT2D eigenvalue weighted by Crippen LogP contribution is 2.31. The van der Waals surface area contributed by atoms with E-state index in [0.717, 1.165) is 5.56 Å². The molecule has 0 aliphatic rings. The molecule has 0 fully saturated rings. The molecule has 0 radical (unpaired) electrons. The van der Waals surface area contributed by atoms with Crippen LogP contribution in [0, 0.1) is 19.8 Å². The number of hydrogen-bond donors (Lipinski definition) is 2. The molecule has 174 valence electrons. The summed E-state index contributed by atoms with van der Waals surface area (Å²) in [6.07, 6.45) is 1.32. The van der Waals surface area contributed by atoms with Crippen LogP contribution >= 0.6 is 11.6 Å². The van der Waals surface area contributed by atoms with E-state index in [9.17, 15) is 19.1 Å². The van der Waals surface area contributed by atoms with Crippen molar-refractivity contribution in [1.82, 2.24) is 19.5 Å². The number of pyridine rings is 2. The number of hydrogen-bond acceptors (Lipinski definition) is 6. The second-order valence-electron chi connectivity index (χ2n) is 8.08. The van der Waals surface area contributed by atoms with Crippen LogP contribution in [0.1, 0.15) is 40.1 Å². The molecule has 0 amide bonds. The van der Waals surface area contributed by atoms with Gasteiger partial charge in [-0.15, -0.1) is 0 Å². The quantitative estimate of drug-likeness (QED) is 0.398. The molecule has 8 nitrogen and oxygen atoms in total. The Kier molecular flexibility index (Phi) is 6.05. The van der Waals surface area contributed by atoms with Crippen LogP contribution in [0.2, 0.25) is 5.15 Å². The minimum Gasteiger partial charge on any atom is -0.476 e. The van der Waals surface area contributed by atoms with Gasteiger partial charge >= 0.3 is 5.97 Å². The van der Waals surface area contributed by atoms with Crippen LogP contribution in [-0.2, 0) is 7.05 Å². The number of rotatable bonds is 5. The second kappa shape index (κ2) is 8.83. The third kappa shape index (κ3) is 4.22. The van der Waals surface area contributed by atoms with Crippen molar-refractivity contribution < 1.29 is 14.3 Å². The molecule has 0 spiro atoms. The molecular formula is C24H21ClFN5O3. The number of aromatic nitrogens is 4. The topological polar surface area (TPSA) is 110 Å². The van der Waals surface area contributed by atoms with Gasteiger partial charge in [0, 0.05) is 24.4 Å². The first-order valence-electron chi connectivity index (χ1n) is 10.4. The van der Waals surface area contributed by atoms with Crippen molar-refractivity contribution in [2.24, 2.45) is 7.05 Å². The number of halogens is 2. The van der Waals surface area contributed by atoms with E-state index in [1.54, 1.807) is 26.1 Å². The summed E-state index contributed by atoms with van der Waals surface area (Å²) in [5, 5.41) is 13.3. The smallest absolute Gasteiger partial charge is 0.356 e. The van der Waals surface area contributed by atoms with Gasteiger partial charge in [-0.05, 0) is 56.2 Å². The van der Waals surface area contributed by atoms with Gasteiger partial charge in [0.25, 0.3) is 5.56 Å². The van der Waals surface area contributed by atoms with E-state index in [0.29, 0.717) is 39.1 Å². The lowest BCUT2D eigenvalue weighted by Gasteiger charge is -2.21. The molecule has 0 aliphatic carbocycles. The Labute approximate surface area is 199 Å². The number of nitrogens with one attached hydrogen (secondary N) is 1. The predicted octanol–water partition coefficient (Wildman–Crippen LogP) is 4.67. The Bertz CT molecular complexity index is 1500. The summed E-state index contributed by atoms with van der Waals surface area (Å²) in [6, 6.07) is 7.48. The zero-order valence-electron chi connectivity index (χ0n) is 18.8. The van der Waals surface area contributed by atoms with Gasteiger partial charge in [0.1, 0.15) is 11.0 Å². The molecule has 1 atom stereocenters. The fourth-order valence-electron chi connectivity index (χ4n) is 3.91. The largest absolute Gasteiger partial charge is 0.476 e. The van der Waals surface area contributed by atoms with Crippen molar-refractivity contribution in [3.05, 3.63) is 80.4 Å². The third-order valence-electron chi connectivity index (χ3n) is 5.56. The zero-order valence-corrected chi connectivity index (χ0v) is 19.6. The highest BCUT2D eigenvalue weighted by atomic mass is 35.5. The van der Waals surface area contributed by atoms with Gasteiger partial charge in [-0.2, -0.15) is 4.39 Å². The molecule has 2 N–H and O–H groups in total. The summed E-state index contributed by atoms with van der Waals surface area (Å²) < 4.78 is 14.7. The number of carbonyl (C=O) groups is 1. The van der Waals surface area contributed by atoms with Gasteiger partial charge in [-0.1, -0.05) is 17.7 Å². The van der Waals surface area contributed by atoms with Gasteiger partial charge < -0.3 is 10.4 Å². The highest BCUT2D eigenvalue weighted by molar-refractivity contribution is 6.29.